The summed E-state index contributed by atoms with van der Waals surface area (Å²) in [4.78, 5) is 20.3. The molecule has 1 atom stereocenters. The number of aromatic nitrogens is 1. The van der Waals surface area contributed by atoms with Crippen LogP contribution in [0.3, 0.4) is 0 Å². The van der Waals surface area contributed by atoms with Crippen molar-refractivity contribution in [2.24, 2.45) is 20.0 Å². The minimum absolute atomic E-state index is 0.205. The van der Waals surface area contributed by atoms with E-state index in [0.717, 1.165) is 44.3 Å². The van der Waals surface area contributed by atoms with Gasteiger partial charge in [0.05, 0.1) is 5.70 Å². The van der Waals surface area contributed by atoms with Crippen molar-refractivity contribution >= 4 is 75.9 Å². The van der Waals surface area contributed by atoms with Crippen molar-refractivity contribution in [2.75, 3.05) is 12.8 Å². The number of amidine groups is 4. The number of benzene rings is 4. The molecule has 1 aromatic heterocycles. The first-order chi connectivity index (χ1) is 24.7. The number of methoxy groups -OCH3 is 1. The lowest BCUT2D eigenvalue weighted by Crippen LogP contribution is -2.72. The molecular formula is C40H37ClN8OSi. The van der Waals surface area contributed by atoms with Gasteiger partial charge in [-0.2, -0.15) is 0 Å². The number of nitrogen functional groups attached to an aromatic ring is 1. The van der Waals surface area contributed by atoms with Crippen molar-refractivity contribution in [3.8, 4) is 0 Å². The molecule has 0 aliphatic carbocycles. The zero-order valence-corrected chi connectivity index (χ0v) is 30.7. The van der Waals surface area contributed by atoms with Gasteiger partial charge in [-0.3, -0.25) is 5.41 Å². The van der Waals surface area contributed by atoms with Gasteiger partial charge in [-0.1, -0.05) is 117 Å². The molecule has 3 aliphatic heterocycles. The third-order valence-corrected chi connectivity index (χ3v) is 16.6. The third kappa shape index (κ3) is 4.60. The summed E-state index contributed by atoms with van der Waals surface area (Å²) in [5.74, 6) is 2.76. The number of rotatable bonds is 7. The fourth-order valence-electron chi connectivity index (χ4n) is 7.74. The summed E-state index contributed by atoms with van der Waals surface area (Å²) in [6.45, 7) is 10.3. The van der Waals surface area contributed by atoms with Crippen LogP contribution in [0.25, 0.3) is 16.5 Å². The lowest BCUT2D eigenvalue weighted by atomic mass is 10.1. The molecule has 1 unspecified atom stereocenters. The van der Waals surface area contributed by atoms with Crippen LogP contribution < -0.4 is 5.73 Å². The van der Waals surface area contributed by atoms with E-state index in [1.807, 2.05) is 107 Å². The molecule has 11 heteroatoms. The van der Waals surface area contributed by atoms with Crippen LogP contribution >= 0.6 is 11.1 Å². The SMILES string of the molecule is C=C1N=C(N=C2c3ccccc3C(=N)N2[Si](Cl)(n2c(N)c3ccccc3c2N=C2N=C(C)c3ccccc32)C(CC)(CC)OC)c2ccccc21. The largest absolute Gasteiger partial charge is 0.412 e. The summed E-state index contributed by atoms with van der Waals surface area (Å²) in [7, 11) is -2.35. The Kier molecular flexibility index (Phi) is 7.78. The molecule has 0 saturated carbocycles. The number of aliphatic imine (C=N–C) groups is 4. The molecule has 0 radical (unpaired) electrons. The van der Waals surface area contributed by atoms with Crippen LogP contribution in [0.4, 0.5) is 11.6 Å². The second-order valence-corrected chi connectivity index (χ2v) is 17.4. The quantitative estimate of drug-likeness (QED) is 0.131. The Bertz CT molecular complexity index is 2430. The normalized spacial score (nSPS) is 17.9. The topological polar surface area (TPSA) is 117 Å². The lowest BCUT2D eigenvalue weighted by Gasteiger charge is -2.48. The molecule has 0 saturated heterocycles. The number of nitrogens with two attached hydrogens (primary N) is 1. The molecule has 0 bridgehead atoms. The van der Waals surface area contributed by atoms with Crippen molar-refractivity contribution in [1.29, 1.82) is 5.41 Å². The number of fused-ring (bicyclic) bond motifs is 4. The summed E-state index contributed by atoms with van der Waals surface area (Å²) in [5, 5.41) is 10.5. The lowest BCUT2D eigenvalue weighted by molar-refractivity contribution is 0.0419. The molecule has 0 spiro atoms. The Morgan fingerprint density at radius 3 is 2.04 bits per heavy atom. The molecular weight excluding hydrogens is 672 g/mol. The summed E-state index contributed by atoms with van der Waals surface area (Å²) in [6.07, 6.45) is 1.04. The second kappa shape index (κ2) is 12.1. The molecule has 3 aliphatic rings. The molecule has 4 heterocycles. The van der Waals surface area contributed by atoms with Gasteiger partial charge in [0.1, 0.15) is 28.5 Å². The Morgan fingerprint density at radius 2 is 1.37 bits per heavy atom. The number of hydrogen-bond donors (Lipinski definition) is 2. The molecule has 5 aromatic rings. The number of nitrogens with zero attached hydrogens (tertiary/aromatic N) is 6. The minimum atomic E-state index is -4.04. The van der Waals surface area contributed by atoms with Crippen LogP contribution in [0, 0.1) is 5.41 Å². The first kappa shape index (κ1) is 32.8. The fraction of sp³-hybridized carbons (Fsp3) is 0.175. The molecule has 9 nitrogen and oxygen atoms in total. The monoisotopic (exact) mass is 708 g/mol. The maximum Gasteiger partial charge on any atom is 0.412 e. The Labute approximate surface area is 302 Å². The van der Waals surface area contributed by atoms with Gasteiger partial charge in [-0.25, -0.2) is 20.0 Å². The highest BCUT2D eigenvalue weighted by atomic mass is 35.6. The highest BCUT2D eigenvalue weighted by Gasteiger charge is 2.64. The minimum Gasteiger partial charge on any atom is -0.385 e. The highest BCUT2D eigenvalue weighted by Crippen LogP contribution is 2.49. The van der Waals surface area contributed by atoms with Crippen LogP contribution in [0.5, 0.6) is 0 Å². The number of nitrogens with one attached hydrogen (secondary N) is 1. The molecule has 254 valence electrons. The first-order valence-electron chi connectivity index (χ1n) is 17.0. The third-order valence-electron chi connectivity index (χ3n) is 10.4. The van der Waals surface area contributed by atoms with Crippen molar-refractivity contribution < 1.29 is 4.74 Å². The van der Waals surface area contributed by atoms with E-state index in [1.54, 1.807) is 7.11 Å². The van der Waals surface area contributed by atoms with Gasteiger partial charge in [0.2, 0.25) is 0 Å². The zero-order chi connectivity index (χ0) is 35.7. The summed E-state index contributed by atoms with van der Waals surface area (Å²) < 4.78 is 10.4. The van der Waals surface area contributed by atoms with E-state index < -0.39 is 12.9 Å². The number of halogens is 1. The Balaban J connectivity index is 1.47. The van der Waals surface area contributed by atoms with E-state index in [9.17, 15) is 5.41 Å². The Morgan fingerprint density at radius 1 is 0.804 bits per heavy atom. The van der Waals surface area contributed by atoms with Gasteiger partial charge in [0, 0.05) is 57.0 Å². The van der Waals surface area contributed by atoms with Gasteiger partial charge in [0.25, 0.3) is 0 Å². The Hall–Kier alpha value is -5.42. The summed E-state index contributed by atoms with van der Waals surface area (Å²) >= 11 is 8.52. The fourth-order valence-corrected chi connectivity index (χ4v) is 13.7. The van der Waals surface area contributed by atoms with Crippen molar-refractivity contribution in [3.05, 3.63) is 137 Å². The standard InChI is InChI=1S/C40H37ClN8OSi/c1-6-40(7-2,50-5)51(41,48-34(42)28-18-10-14-22-32(28)38(48)46-36-30-20-12-8-16-26(30)24(3)44-36)49-35(43)29-19-11-15-23-33(29)39(49)47-37-31-21-13-9-17-27(31)25(4)45-37/h8-23,42H,3,6-7,43H2,1-2,4-5H3. The maximum absolute atomic E-state index is 9.88. The molecule has 51 heavy (non-hydrogen) atoms. The zero-order valence-electron chi connectivity index (χ0n) is 28.9. The van der Waals surface area contributed by atoms with E-state index in [2.05, 4.69) is 26.5 Å². The summed E-state index contributed by atoms with van der Waals surface area (Å²) in [5.41, 5.74) is 14.0. The van der Waals surface area contributed by atoms with Crippen LogP contribution in [-0.4, -0.2) is 57.9 Å². The molecule has 8 rings (SSSR count). The van der Waals surface area contributed by atoms with Crippen molar-refractivity contribution in [1.82, 2.24) is 8.80 Å². The highest BCUT2D eigenvalue weighted by molar-refractivity contribution is 7.21. The number of ether oxygens (including phenoxy) is 1. The van der Waals surface area contributed by atoms with Gasteiger partial charge in [-0.05, 0) is 19.8 Å². The van der Waals surface area contributed by atoms with Crippen molar-refractivity contribution in [3.63, 3.8) is 0 Å². The van der Waals surface area contributed by atoms with E-state index in [0.29, 0.717) is 53.2 Å². The van der Waals surface area contributed by atoms with Crippen molar-refractivity contribution in [2.45, 2.75) is 38.8 Å². The maximum atomic E-state index is 9.88. The second-order valence-electron chi connectivity index (χ2n) is 12.9. The number of hydrogen-bond acceptors (Lipinski definition) is 6. The van der Waals surface area contributed by atoms with E-state index >= 15 is 0 Å². The molecule has 0 amide bonds. The van der Waals surface area contributed by atoms with Gasteiger partial charge in [-0.15, -0.1) is 11.1 Å². The van der Waals surface area contributed by atoms with Gasteiger partial charge >= 0.3 is 7.71 Å². The van der Waals surface area contributed by atoms with E-state index in [1.165, 1.54) is 0 Å². The predicted molar refractivity (Wildman–Crippen MR) is 212 cm³/mol. The van der Waals surface area contributed by atoms with Crippen LogP contribution in [0.2, 0.25) is 0 Å². The van der Waals surface area contributed by atoms with E-state index in [4.69, 9.17) is 41.5 Å². The van der Waals surface area contributed by atoms with Crippen LogP contribution in [-0.2, 0) is 4.74 Å². The molecule has 4 aromatic carbocycles. The first-order valence-corrected chi connectivity index (χ1v) is 19.9. The average Bonchev–Trinajstić information content (AvgIpc) is 3.84. The predicted octanol–water partition coefficient (Wildman–Crippen LogP) is 8.41. The van der Waals surface area contributed by atoms with Crippen LogP contribution in [0.15, 0.2) is 124 Å². The van der Waals surface area contributed by atoms with Gasteiger partial charge < -0.3 is 19.3 Å². The molecule has 0 fully saturated rings. The molecule has 3 N–H and O–H groups in total. The van der Waals surface area contributed by atoms with Gasteiger partial charge in [0.15, 0.2) is 11.7 Å². The van der Waals surface area contributed by atoms with E-state index in [-0.39, 0.29) is 5.84 Å². The summed E-state index contributed by atoms with van der Waals surface area (Å²) in [6, 6.07) is 31.7. The smallest absolute Gasteiger partial charge is 0.385 e. The average molecular weight is 709 g/mol. The van der Waals surface area contributed by atoms with Crippen LogP contribution in [0.1, 0.15) is 67.0 Å². The number of anilines is 1.